The number of carbonyl (C=O) groups excluding carboxylic acids is 3. The van der Waals surface area contributed by atoms with Crippen LogP contribution < -0.4 is 21.2 Å². The number of ether oxygens (including phenoxy) is 3. The van der Waals surface area contributed by atoms with Crippen molar-refractivity contribution in [1.29, 1.82) is 0 Å². The Kier molecular flexibility index (Phi) is 12.6. The molecule has 3 saturated heterocycles. The number of para-hydroxylation sites is 1. The molecule has 0 radical (unpaired) electrons. The normalized spacial score (nSPS) is 22.6. The summed E-state index contributed by atoms with van der Waals surface area (Å²) >= 11 is 0. The van der Waals surface area contributed by atoms with E-state index in [0.717, 1.165) is 62.8 Å². The standard InChI is InChI=1S/C43H53F2N11O7/c1-51-38-28(4-2-6-33(38)56(43(51)60)34-11-12-36(57)49-42(34)59)5-3-18-62-26-30-24-52(15-21-63-30)23-27-7-9-29(10-8-27)55-25-32(37(50-55)39(44)45)47-41(58)31-22-46-54-14-13-35(48-40(31)54)53-16-19-61-20-17-53/h2,4,6,13-14,22,25,27,29-30,34,39H,3,5,7-12,15-21,23-24,26H2,1H3,(H,47,58)(H,49,57,59)/t27?,29?,30-,34?/m0/s1. The van der Waals surface area contributed by atoms with E-state index in [-0.39, 0.29) is 47.8 Å². The lowest BCUT2D eigenvalue weighted by molar-refractivity contribution is -0.135. The maximum atomic E-state index is 14.3. The van der Waals surface area contributed by atoms with E-state index >= 15 is 0 Å². The molecular formula is C43H53F2N11O7. The van der Waals surface area contributed by atoms with Crippen molar-refractivity contribution in [3.8, 4) is 0 Å². The summed E-state index contributed by atoms with van der Waals surface area (Å²) in [6.07, 6.45) is 7.01. The number of benzene rings is 1. The molecule has 18 nitrogen and oxygen atoms in total. The molecule has 3 aliphatic heterocycles. The van der Waals surface area contributed by atoms with Gasteiger partial charge in [-0.05, 0) is 68.6 Å². The number of piperidine rings is 1. The van der Waals surface area contributed by atoms with E-state index in [1.807, 2.05) is 24.3 Å². The van der Waals surface area contributed by atoms with Crippen molar-refractivity contribution < 1.29 is 37.4 Å². The molecule has 9 rings (SSSR count). The predicted molar refractivity (Wildman–Crippen MR) is 226 cm³/mol. The number of anilines is 2. The third-order valence-corrected chi connectivity index (χ3v) is 12.8. The molecule has 0 spiro atoms. The highest BCUT2D eigenvalue weighted by Gasteiger charge is 2.33. The summed E-state index contributed by atoms with van der Waals surface area (Å²) in [5.74, 6) is -0.227. The molecule has 4 aromatic heterocycles. The summed E-state index contributed by atoms with van der Waals surface area (Å²) in [6.45, 7) is 6.60. The molecule has 3 amide bonds. The number of amides is 3. The van der Waals surface area contributed by atoms with Crippen molar-refractivity contribution >= 4 is 45.9 Å². The summed E-state index contributed by atoms with van der Waals surface area (Å²) < 4.78 is 52.3. The van der Waals surface area contributed by atoms with Crippen molar-refractivity contribution in [3.63, 3.8) is 0 Å². The van der Waals surface area contributed by atoms with Gasteiger partial charge in [0.25, 0.3) is 12.3 Å². The molecule has 63 heavy (non-hydrogen) atoms. The Labute approximate surface area is 361 Å². The highest BCUT2D eigenvalue weighted by Crippen LogP contribution is 2.36. The molecule has 1 saturated carbocycles. The molecule has 2 N–H and O–H groups in total. The van der Waals surface area contributed by atoms with E-state index in [1.165, 1.54) is 21.5 Å². The zero-order valence-electron chi connectivity index (χ0n) is 35.3. The number of fused-ring (bicyclic) bond motifs is 2. The number of morpholine rings is 2. The van der Waals surface area contributed by atoms with Crippen LogP contribution in [0.2, 0.25) is 0 Å². The SMILES string of the molecule is Cn1c(=O)n(C2CCC(=O)NC2=O)c2cccc(CCCOC[C@@H]3CN(CC4CCC(n5cc(NC(=O)c6cnn7ccc(N8CCOCC8)nc67)c(C(F)F)n5)CC4)CCO3)c21. The first-order chi connectivity index (χ1) is 30.6. The van der Waals surface area contributed by atoms with Crippen LogP contribution in [0.1, 0.15) is 85.1 Å². The highest BCUT2D eigenvalue weighted by molar-refractivity contribution is 6.08. The first-order valence-corrected chi connectivity index (χ1v) is 21.9. The third-order valence-electron chi connectivity index (χ3n) is 12.8. The van der Waals surface area contributed by atoms with Gasteiger partial charge in [-0.1, -0.05) is 12.1 Å². The van der Waals surface area contributed by atoms with Crippen molar-refractivity contribution in [3.05, 3.63) is 70.2 Å². The number of imidazole rings is 1. The quantitative estimate of drug-likeness (QED) is 0.122. The number of alkyl halides is 2. The Morgan fingerprint density at radius 3 is 2.67 bits per heavy atom. The van der Waals surface area contributed by atoms with Crippen LogP contribution >= 0.6 is 0 Å². The van der Waals surface area contributed by atoms with Crippen LogP contribution in [0.15, 0.2) is 47.7 Å². The van der Waals surface area contributed by atoms with Crippen molar-refractivity contribution in [2.24, 2.45) is 13.0 Å². The number of nitrogens with one attached hydrogen (secondary N) is 2. The van der Waals surface area contributed by atoms with Crippen molar-refractivity contribution in [2.75, 3.05) is 76.0 Å². The van der Waals surface area contributed by atoms with Gasteiger partial charge >= 0.3 is 5.69 Å². The van der Waals surface area contributed by atoms with Crippen molar-refractivity contribution in [2.45, 2.75) is 76.0 Å². The second-order valence-corrected chi connectivity index (χ2v) is 16.9. The number of hydrogen-bond donors (Lipinski definition) is 2. The fraction of sp³-hybridized carbons (Fsp3) is 0.558. The van der Waals surface area contributed by atoms with E-state index in [0.29, 0.717) is 75.4 Å². The van der Waals surface area contributed by atoms with Gasteiger partial charge in [0, 0.05) is 65.2 Å². The monoisotopic (exact) mass is 873 g/mol. The summed E-state index contributed by atoms with van der Waals surface area (Å²) in [6, 6.07) is 6.75. The molecule has 1 aliphatic carbocycles. The number of aromatic nitrogens is 7. The largest absolute Gasteiger partial charge is 0.379 e. The maximum absolute atomic E-state index is 14.3. The molecular weight excluding hydrogens is 821 g/mol. The number of aryl methyl sites for hydroxylation is 2. The van der Waals surface area contributed by atoms with E-state index in [1.54, 1.807) is 22.5 Å². The van der Waals surface area contributed by atoms with Gasteiger partial charge in [0.15, 0.2) is 11.3 Å². The van der Waals surface area contributed by atoms with Gasteiger partial charge in [-0.25, -0.2) is 23.1 Å². The molecule has 2 atom stereocenters. The molecule has 20 heteroatoms. The molecule has 5 aromatic rings. The molecule has 7 heterocycles. The van der Waals surface area contributed by atoms with Crippen LogP contribution in [0, 0.1) is 5.92 Å². The van der Waals surface area contributed by atoms with Gasteiger partial charge in [-0.2, -0.15) is 10.2 Å². The van der Waals surface area contributed by atoms with Crippen LogP contribution in [0.3, 0.4) is 0 Å². The Hall–Kier alpha value is -5.57. The number of halogens is 2. The van der Waals surface area contributed by atoms with Gasteiger partial charge in [-0.15, -0.1) is 0 Å². The molecule has 1 unspecified atom stereocenters. The van der Waals surface area contributed by atoms with E-state index < -0.39 is 30.0 Å². The van der Waals surface area contributed by atoms with Crippen LogP contribution in [0.5, 0.6) is 0 Å². The third kappa shape index (κ3) is 9.12. The van der Waals surface area contributed by atoms with Gasteiger partial charge in [0.2, 0.25) is 11.8 Å². The predicted octanol–water partition coefficient (Wildman–Crippen LogP) is 3.66. The van der Waals surface area contributed by atoms with Gasteiger partial charge in [-0.3, -0.25) is 38.4 Å². The number of imide groups is 1. The number of nitrogens with zero attached hydrogens (tertiary/aromatic N) is 9. The second kappa shape index (κ2) is 18.6. The second-order valence-electron chi connectivity index (χ2n) is 16.9. The summed E-state index contributed by atoms with van der Waals surface area (Å²) in [7, 11) is 1.71. The number of hydrogen-bond acceptors (Lipinski definition) is 12. The zero-order valence-corrected chi connectivity index (χ0v) is 35.3. The van der Waals surface area contributed by atoms with Crippen LogP contribution in [-0.4, -0.2) is 128 Å². The summed E-state index contributed by atoms with van der Waals surface area (Å²) in [4.78, 5) is 60.3. The Bertz CT molecular complexity index is 2520. The van der Waals surface area contributed by atoms with Crippen LogP contribution in [0.4, 0.5) is 20.3 Å². The summed E-state index contributed by atoms with van der Waals surface area (Å²) in [5, 5.41) is 13.6. The smallest absolute Gasteiger partial charge is 0.329 e. The van der Waals surface area contributed by atoms with E-state index in [4.69, 9.17) is 14.2 Å². The van der Waals surface area contributed by atoms with E-state index in [9.17, 15) is 28.0 Å². The number of rotatable bonds is 14. The fourth-order valence-corrected chi connectivity index (χ4v) is 9.56. The highest BCUT2D eigenvalue weighted by atomic mass is 19.3. The first-order valence-electron chi connectivity index (χ1n) is 21.9. The number of carbonyl (C=O) groups is 3. The molecule has 1 aromatic carbocycles. The van der Waals surface area contributed by atoms with Gasteiger partial charge in [0.1, 0.15) is 17.4 Å². The average Bonchev–Trinajstić information content (AvgIpc) is 3.98. The fourth-order valence-electron chi connectivity index (χ4n) is 9.56. The average molecular weight is 874 g/mol. The topological polar surface area (TPSA) is 184 Å². The lowest BCUT2D eigenvalue weighted by Crippen LogP contribution is -2.46. The molecule has 0 bridgehead atoms. The lowest BCUT2D eigenvalue weighted by atomic mass is 9.85. The Morgan fingerprint density at radius 1 is 1.05 bits per heavy atom. The molecule has 4 aliphatic rings. The van der Waals surface area contributed by atoms with Crippen molar-refractivity contribution in [1.82, 2.24) is 43.7 Å². The van der Waals surface area contributed by atoms with Gasteiger partial charge < -0.3 is 24.4 Å². The lowest BCUT2D eigenvalue weighted by Gasteiger charge is -2.37. The van der Waals surface area contributed by atoms with Crippen LogP contribution in [-0.2, 0) is 37.3 Å². The molecule has 336 valence electrons. The first kappa shape index (κ1) is 42.7. The Balaban J connectivity index is 0.738. The van der Waals surface area contributed by atoms with E-state index in [2.05, 4.69) is 35.6 Å². The van der Waals surface area contributed by atoms with Crippen LogP contribution in [0.25, 0.3) is 16.7 Å². The Morgan fingerprint density at radius 2 is 1.87 bits per heavy atom. The minimum absolute atomic E-state index is 0.0200. The molecule has 4 fully saturated rings. The zero-order chi connectivity index (χ0) is 43.6. The van der Waals surface area contributed by atoms with Gasteiger partial charge in [0.05, 0.1) is 61.5 Å². The minimum Gasteiger partial charge on any atom is -0.379 e. The maximum Gasteiger partial charge on any atom is 0.329 e. The minimum atomic E-state index is -2.87. The summed E-state index contributed by atoms with van der Waals surface area (Å²) in [5.41, 5.74) is 2.18.